The van der Waals surface area contributed by atoms with E-state index in [0.29, 0.717) is 5.69 Å². The average Bonchev–Trinajstić information content (AvgIpc) is 3.11. The molecule has 0 bridgehead atoms. The summed E-state index contributed by atoms with van der Waals surface area (Å²) >= 11 is 1.17. The van der Waals surface area contributed by atoms with Gasteiger partial charge in [0.1, 0.15) is 5.69 Å². The highest BCUT2D eigenvalue weighted by molar-refractivity contribution is 7.11. The molecule has 6 nitrogen and oxygen atoms in total. The molecule has 1 aromatic rings. The Balaban J connectivity index is 1.60. The van der Waals surface area contributed by atoms with E-state index < -0.39 is 5.60 Å². The van der Waals surface area contributed by atoms with Gasteiger partial charge in [-0.2, -0.15) is 0 Å². The van der Waals surface area contributed by atoms with Gasteiger partial charge in [0.2, 0.25) is 0 Å². The molecule has 120 valence electrons. The van der Waals surface area contributed by atoms with Gasteiger partial charge in [-0.25, -0.2) is 4.98 Å². The highest BCUT2D eigenvalue weighted by Crippen LogP contribution is 2.30. The lowest BCUT2D eigenvalue weighted by Gasteiger charge is -2.36. The Morgan fingerprint density at radius 3 is 2.86 bits per heavy atom. The standard InChI is InChI=1S/C15H21N3O3S/c1-10-4-2-7-18(10)14(20)11-8-22-13(17-11)12(19)16-9-15(21)5-3-6-15/h8,10,21H,2-7,9H2,1H3,(H,16,19)/t10-/m0/s1. The molecule has 2 aliphatic rings. The van der Waals surface area contributed by atoms with E-state index in [1.165, 1.54) is 11.3 Å². The number of nitrogens with zero attached hydrogens (tertiary/aromatic N) is 2. The summed E-state index contributed by atoms with van der Waals surface area (Å²) in [6.45, 7) is 3.04. The van der Waals surface area contributed by atoms with Gasteiger partial charge in [0.15, 0.2) is 5.01 Å². The summed E-state index contributed by atoms with van der Waals surface area (Å²) in [4.78, 5) is 30.4. The Morgan fingerprint density at radius 2 is 2.27 bits per heavy atom. The van der Waals surface area contributed by atoms with Crippen LogP contribution in [0.15, 0.2) is 5.38 Å². The number of carbonyl (C=O) groups excluding carboxylic acids is 2. The second-order valence-corrected chi connectivity index (χ2v) is 7.15. The van der Waals surface area contributed by atoms with E-state index in [1.807, 2.05) is 11.8 Å². The van der Waals surface area contributed by atoms with Gasteiger partial charge in [0, 0.05) is 24.5 Å². The first kappa shape index (κ1) is 15.4. The van der Waals surface area contributed by atoms with Crippen molar-refractivity contribution < 1.29 is 14.7 Å². The van der Waals surface area contributed by atoms with Gasteiger partial charge in [-0.3, -0.25) is 9.59 Å². The number of thiazole rings is 1. The van der Waals surface area contributed by atoms with Crippen molar-refractivity contribution in [3.8, 4) is 0 Å². The zero-order valence-electron chi connectivity index (χ0n) is 12.7. The van der Waals surface area contributed by atoms with E-state index in [-0.39, 0.29) is 29.4 Å². The lowest BCUT2D eigenvalue weighted by atomic mass is 9.80. The lowest BCUT2D eigenvalue weighted by Crippen LogP contribution is -2.47. The quantitative estimate of drug-likeness (QED) is 0.878. The van der Waals surface area contributed by atoms with Crippen LogP contribution in [-0.2, 0) is 0 Å². The van der Waals surface area contributed by atoms with Crippen molar-refractivity contribution in [2.45, 2.75) is 50.7 Å². The molecule has 0 radical (unpaired) electrons. The normalized spacial score (nSPS) is 23.2. The maximum Gasteiger partial charge on any atom is 0.280 e. The third-order valence-corrected chi connectivity index (χ3v) is 5.43. The summed E-state index contributed by atoms with van der Waals surface area (Å²) < 4.78 is 0. The Morgan fingerprint density at radius 1 is 1.50 bits per heavy atom. The summed E-state index contributed by atoms with van der Waals surface area (Å²) in [6.07, 6.45) is 4.48. The van der Waals surface area contributed by atoms with E-state index in [9.17, 15) is 14.7 Å². The number of aliphatic hydroxyl groups is 1. The van der Waals surface area contributed by atoms with Crippen molar-refractivity contribution in [1.29, 1.82) is 0 Å². The molecule has 7 heteroatoms. The number of hydrogen-bond acceptors (Lipinski definition) is 5. The monoisotopic (exact) mass is 323 g/mol. The van der Waals surface area contributed by atoms with Gasteiger partial charge < -0.3 is 15.3 Å². The fourth-order valence-corrected chi connectivity index (χ4v) is 3.65. The number of rotatable bonds is 4. The summed E-state index contributed by atoms with van der Waals surface area (Å²) in [6, 6.07) is 0.236. The number of hydrogen-bond donors (Lipinski definition) is 2. The maximum absolute atomic E-state index is 12.4. The predicted octanol–water partition coefficient (Wildman–Crippen LogP) is 1.41. The lowest BCUT2D eigenvalue weighted by molar-refractivity contribution is -0.0300. The molecule has 1 aliphatic heterocycles. The fraction of sp³-hybridized carbons (Fsp3) is 0.667. The molecule has 22 heavy (non-hydrogen) atoms. The first-order chi connectivity index (χ1) is 10.5. The largest absolute Gasteiger partial charge is 0.388 e. The summed E-state index contributed by atoms with van der Waals surface area (Å²) in [5.41, 5.74) is -0.414. The number of likely N-dealkylation sites (tertiary alicyclic amines) is 1. The molecule has 1 aliphatic carbocycles. The van der Waals surface area contributed by atoms with Gasteiger partial charge in [-0.1, -0.05) is 0 Å². The van der Waals surface area contributed by atoms with Crippen molar-refractivity contribution in [1.82, 2.24) is 15.2 Å². The summed E-state index contributed by atoms with van der Waals surface area (Å²) in [7, 11) is 0. The number of carbonyl (C=O) groups is 2. The van der Waals surface area contributed by atoms with Crippen LogP contribution in [0.25, 0.3) is 0 Å². The van der Waals surface area contributed by atoms with E-state index >= 15 is 0 Å². The van der Waals surface area contributed by atoms with Gasteiger partial charge >= 0.3 is 0 Å². The van der Waals surface area contributed by atoms with Gasteiger partial charge in [-0.05, 0) is 39.0 Å². The van der Waals surface area contributed by atoms with Crippen molar-refractivity contribution in [2.24, 2.45) is 0 Å². The van der Waals surface area contributed by atoms with Crippen LogP contribution in [0.4, 0.5) is 0 Å². The van der Waals surface area contributed by atoms with Crippen molar-refractivity contribution in [2.75, 3.05) is 13.1 Å². The SMILES string of the molecule is C[C@H]1CCCN1C(=O)c1csc(C(=O)NCC2(O)CCC2)n1. The number of nitrogens with one attached hydrogen (secondary N) is 1. The average molecular weight is 323 g/mol. The van der Waals surface area contributed by atoms with E-state index in [1.54, 1.807) is 5.38 Å². The van der Waals surface area contributed by atoms with E-state index in [4.69, 9.17) is 0 Å². The Kier molecular flexibility index (Phi) is 4.18. The van der Waals surface area contributed by atoms with Gasteiger partial charge in [-0.15, -0.1) is 11.3 Å². The smallest absolute Gasteiger partial charge is 0.280 e. The molecular formula is C15H21N3O3S. The van der Waals surface area contributed by atoms with Crippen molar-refractivity contribution >= 4 is 23.2 Å². The van der Waals surface area contributed by atoms with Crippen LogP contribution >= 0.6 is 11.3 Å². The fourth-order valence-electron chi connectivity index (χ4n) is 2.94. The first-order valence-corrected chi connectivity index (χ1v) is 8.64. The third kappa shape index (κ3) is 3.01. The molecular weight excluding hydrogens is 302 g/mol. The maximum atomic E-state index is 12.4. The molecule has 2 N–H and O–H groups in total. The van der Waals surface area contributed by atoms with Crippen LogP contribution in [0.2, 0.25) is 0 Å². The van der Waals surface area contributed by atoms with Crippen molar-refractivity contribution in [3.63, 3.8) is 0 Å². The Bertz CT molecular complexity index is 582. The highest BCUT2D eigenvalue weighted by Gasteiger charge is 2.35. The molecule has 1 saturated heterocycles. The molecule has 0 aromatic carbocycles. The predicted molar refractivity (Wildman–Crippen MR) is 83.0 cm³/mol. The van der Waals surface area contributed by atoms with Crippen LogP contribution in [0, 0.1) is 0 Å². The third-order valence-electron chi connectivity index (χ3n) is 4.59. The Labute approximate surface area is 133 Å². The Hall–Kier alpha value is -1.47. The van der Waals surface area contributed by atoms with E-state index in [0.717, 1.165) is 38.6 Å². The minimum Gasteiger partial charge on any atom is -0.388 e. The number of amides is 2. The minimum atomic E-state index is -0.753. The van der Waals surface area contributed by atoms with E-state index in [2.05, 4.69) is 10.3 Å². The van der Waals surface area contributed by atoms with Crippen LogP contribution in [-0.4, -0.2) is 51.5 Å². The molecule has 0 unspecified atom stereocenters. The topological polar surface area (TPSA) is 82.5 Å². The molecule has 2 fully saturated rings. The molecule has 2 heterocycles. The van der Waals surface area contributed by atoms with Crippen LogP contribution in [0.3, 0.4) is 0 Å². The minimum absolute atomic E-state index is 0.0991. The molecule has 0 spiro atoms. The summed E-state index contributed by atoms with van der Waals surface area (Å²) in [5, 5.41) is 14.6. The van der Waals surface area contributed by atoms with Gasteiger partial charge in [0.25, 0.3) is 11.8 Å². The highest BCUT2D eigenvalue weighted by atomic mass is 32.1. The molecule has 1 saturated carbocycles. The zero-order chi connectivity index (χ0) is 15.7. The summed E-state index contributed by atoms with van der Waals surface area (Å²) in [5.74, 6) is -0.420. The molecule has 1 aromatic heterocycles. The zero-order valence-corrected chi connectivity index (χ0v) is 13.5. The second-order valence-electron chi connectivity index (χ2n) is 6.29. The van der Waals surface area contributed by atoms with Crippen molar-refractivity contribution in [3.05, 3.63) is 16.1 Å². The second kappa shape index (κ2) is 5.96. The molecule has 1 atom stereocenters. The number of aromatic nitrogens is 1. The van der Waals surface area contributed by atoms with Crippen LogP contribution in [0.5, 0.6) is 0 Å². The van der Waals surface area contributed by atoms with Crippen LogP contribution in [0.1, 0.15) is 59.3 Å². The molecule has 3 rings (SSSR count). The first-order valence-electron chi connectivity index (χ1n) is 7.76. The van der Waals surface area contributed by atoms with Gasteiger partial charge in [0.05, 0.1) is 5.60 Å². The molecule has 2 amide bonds. The van der Waals surface area contributed by atoms with Crippen LogP contribution < -0.4 is 5.32 Å².